The molecule has 0 bridgehead atoms. The lowest BCUT2D eigenvalue weighted by Gasteiger charge is -2.21. The molecule has 0 saturated carbocycles. The number of hydrogen-bond donors (Lipinski definition) is 1. The summed E-state index contributed by atoms with van der Waals surface area (Å²) in [6.07, 6.45) is 3.55. The topological polar surface area (TPSA) is 63.8 Å². The van der Waals surface area contributed by atoms with Gasteiger partial charge in [0.1, 0.15) is 11.6 Å². The number of fused-ring (bicyclic) bond motifs is 2. The molecule has 8 rings (SSSR count). The van der Waals surface area contributed by atoms with Crippen LogP contribution in [0.15, 0.2) is 122 Å². The molecule has 0 amide bonds. The maximum Gasteiger partial charge on any atom is 0.149 e. The molecule has 1 N–H and O–H groups in total. The number of imidazole rings is 1. The minimum atomic E-state index is -0.138. The number of rotatable bonds is 7. The van der Waals surface area contributed by atoms with Crippen molar-refractivity contribution in [1.82, 2.24) is 19.5 Å². The molecule has 0 aliphatic rings. The summed E-state index contributed by atoms with van der Waals surface area (Å²) in [5.74, 6) is 1.62. The second kappa shape index (κ2) is 15.7. The van der Waals surface area contributed by atoms with Crippen molar-refractivity contribution in [2.24, 2.45) is 0 Å². The number of aromatic nitrogens is 4. The molecule has 8 aromatic rings. The number of hydrogen-bond acceptors (Lipinski definition) is 4. The number of aromatic hydroxyl groups is 1. The van der Waals surface area contributed by atoms with E-state index in [9.17, 15) is 5.11 Å². The van der Waals surface area contributed by atoms with Gasteiger partial charge in [0.25, 0.3) is 0 Å². The SMILES string of the molecule is CC(C)c1cc(-c2cc(-c3cccc(-c4cc(C(C)(C)C)cc5nccnc45)c3)c3nc(-c4cc(C(C)(C)C)ccc4O)n(-c4ccc(C(C)(C)C)cc4)c3c2)cc(C(C)C)c1. The van der Waals surface area contributed by atoms with Gasteiger partial charge in [0.05, 0.1) is 27.6 Å². The van der Waals surface area contributed by atoms with Crippen LogP contribution in [0, 0.1) is 0 Å². The quantitative estimate of drug-likeness (QED) is 0.174. The average Bonchev–Trinajstić information content (AvgIpc) is 3.61. The van der Waals surface area contributed by atoms with Crippen LogP contribution in [0.25, 0.3) is 72.5 Å². The first-order valence-corrected chi connectivity index (χ1v) is 22.2. The van der Waals surface area contributed by atoms with Crippen LogP contribution in [0.1, 0.15) is 130 Å². The normalized spacial score (nSPS) is 12.6. The molecular weight excluding hydrogens is 757 g/mol. The summed E-state index contributed by atoms with van der Waals surface area (Å²) >= 11 is 0. The molecule has 6 aromatic carbocycles. The van der Waals surface area contributed by atoms with Gasteiger partial charge in [-0.1, -0.05) is 145 Å². The van der Waals surface area contributed by atoms with Gasteiger partial charge >= 0.3 is 0 Å². The Morgan fingerprint density at radius 1 is 0.484 bits per heavy atom. The van der Waals surface area contributed by atoms with Crippen LogP contribution < -0.4 is 0 Å². The van der Waals surface area contributed by atoms with E-state index in [1.54, 1.807) is 12.4 Å². The number of benzene rings is 6. The van der Waals surface area contributed by atoms with Crippen molar-refractivity contribution in [1.29, 1.82) is 0 Å². The minimum absolute atomic E-state index is 0.0120. The predicted octanol–water partition coefficient (Wildman–Crippen LogP) is 15.5. The molecule has 0 aliphatic carbocycles. The van der Waals surface area contributed by atoms with Crippen molar-refractivity contribution in [3.05, 3.63) is 149 Å². The first-order valence-electron chi connectivity index (χ1n) is 22.2. The monoisotopic (exact) mass is 818 g/mol. The minimum Gasteiger partial charge on any atom is -0.507 e. The van der Waals surface area contributed by atoms with Crippen molar-refractivity contribution in [3.63, 3.8) is 0 Å². The number of phenols is 1. The third-order valence-corrected chi connectivity index (χ3v) is 12.4. The highest BCUT2D eigenvalue weighted by Crippen LogP contribution is 2.43. The zero-order valence-electron chi connectivity index (χ0n) is 38.9. The molecule has 0 unspecified atom stereocenters. The second-order valence-corrected chi connectivity index (χ2v) is 20.9. The molecule has 0 fully saturated rings. The molecule has 0 spiro atoms. The zero-order valence-corrected chi connectivity index (χ0v) is 38.9. The fourth-order valence-corrected chi connectivity index (χ4v) is 8.39. The van der Waals surface area contributed by atoms with Gasteiger partial charge in [-0.05, 0) is 133 Å². The largest absolute Gasteiger partial charge is 0.507 e. The molecular formula is C57H62N4O. The van der Waals surface area contributed by atoms with E-state index in [1.165, 1.54) is 27.8 Å². The Bertz CT molecular complexity index is 2940. The Morgan fingerprint density at radius 3 is 1.63 bits per heavy atom. The lowest BCUT2D eigenvalue weighted by Crippen LogP contribution is -2.11. The van der Waals surface area contributed by atoms with E-state index in [2.05, 4.69) is 192 Å². The Hall–Kier alpha value is -6.07. The summed E-state index contributed by atoms with van der Waals surface area (Å²) < 4.78 is 2.26. The van der Waals surface area contributed by atoms with Crippen molar-refractivity contribution in [2.45, 2.75) is 118 Å². The van der Waals surface area contributed by atoms with Gasteiger partial charge in [0.15, 0.2) is 0 Å². The van der Waals surface area contributed by atoms with E-state index in [4.69, 9.17) is 15.0 Å². The summed E-state index contributed by atoms with van der Waals surface area (Å²) in [5, 5.41) is 11.7. The van der Waals surface area contributed by atoms with Crippen LogP contribution in [-0.2, 0) is 16.2 Å². The average molecular weight is 819 g/mol. The molecule has 5 nitrogen and oxygen atoms in total. The second-order valence-electron chi connectivity index (χ2n) is 20.9. The lowest BCUT2D eigenvalue weighted by atomic mass is 9.84. The standard InChI is InChI=1S/C57H62N4O/c1-34(2)38-26-39(35(3)4)28-40(27-38)41-29-46(36-15-14-16-37(25-36)47-32-44(57(11,12)13)33-49-52(47)59-24-23-58-49)53-50(30-41)61(45-20-17-42(18-21-45)55(5,6)7)54(60-53)48-31-43(56(8,9)10)19-22-51(48)62/h14-35,62H,1-13H3. The van der Waals surface area contributed by atoms with Gasteiger partial charge in [-0.2, -0.15) is 0 Å². The molecule has 2 aromatic heterocycles. The van der Waals surface area contributed by atoms with E-state index < -0.39 is 0 Å². The Kier molecular flexibility index (Phi) is 10.8. The van der Waals surface area contributed by atoms with Crippen LogP contribution in [0.3, 0.4) is 0 Å². The predicted molar refractivity (Wildman–Crippen MR) is 262 cm³/mol. The van der Waals surface area contributed by atoms with E-state index in [0.717, 1.165) is 61.1 Å². The van der Waals surface area contributed by atoms with Gasteiger partial charge in [-0.3, -0.25) is 14.5 Å². The highest BCUT2D eigenvalue weighted by molar-refractivity contribution is 6.01. The summed E-state index contributed by atoms with van der Waals surface area (Å²) in [6, 6.07) is 39.8. The van der Waals surface area contributed by atoms with Gasteiger partial charge < -0.3 is 5.11 Å². The number of nitrogens with zero attached hydrogens (tertiary/aromatic N) is 4. The van der Waals surface area contributed by atoms with Crippen molar-refractivity contribution in [3.8, 4) is 56.2 Å². The van der Waals surface area contributed by atoms with Crippen molar-refractivity contribution < 1.29 is 5.11 Å². The fraction of sp³-hybridized carbons (Fsp3) is 0.316. The van der Waals surface area contributed by atoms with Gasteiger partial charge in [0.2, 0.25) is 0 Å². The molecule has 62 heavy (non-hydrogen) atoms. The zero-order chi connectivity index (χ0) is 44.5. The summed E-state index contributed by atoms with van der Waals surface area (Å²) in [7, 11) is 0. The fourth-order valence-electron chi connectivity index (χ4n) is 8.39. The van der Waals surface area contributed by atoms with E-state index in [0.29, 0.717) is 23.2 Å². The highest BCUT2D eigenvalue weighted by atomic mass is 16.3. The third-order valence-electron chi connectivity index (χ3n) is 12.4. The first kappa shape index (κ1) is 42.6. The Balaban J connectivity index is 1.48. The van der Waals surface area contributed by atoms with Crippen molar-refractivity contribution in [2.75, 3.05) is 0 Å². The summed E-state index contributed by atoms with van der Waals surface area (Å²) in [6.45, 7) is 29.2. The van der Waals surface area contributed by atoms with Crippen LogP contribution in [0.2, 0.25) is 0 Å². The van der Waals surface area contributed by atoms with Crippen molar-refractivity contribution >= 4 is 22.1 Å². The summed E-state index contributed by atoms with van der Waals surface area (Å²) in [4.78, 5) is 15.2. The number of phenolic OH excluding ortho intramolecular Hbond substituents is 1. The Morgan fingerprint density at radius 2 is 1.03 bits per heavy atom. The van der Waals surface area contributed by atoms with E-state index >= 15 is 0 Å². The van der Waals surface area contributed by atoms with Gasteiger partial charge in [0, 0.05) is 29.2 Å². The van der Waals surface area contributed by atoms with Gasteiger partial charge in [-0.25, -0.2) is 4.98 Å². The molecule has 0 atom stereocenters. The van der Waals surface area contributed by atoms with Gasteiger partial charge in [-0.15, -0.1) is 0 Å². The van der Waals surface area contributed by atoms with E-state index in [1.807, 2.05) is 12.1 Å². The molecule has 0 radical (unpaired) electrons. The lowest BCUT2D eigenvalue weighted by molar-refractivity contribution is 0.475. The molecule has 2 heterocycles. The van der Waals surface area contributed by atoms with Crippen LogP contribution >= 0.6 is 0 Å². The summed E-state index contributed by atoms with van der Waals surface area (Å²) in [5.41, 5.74) is 17.7. The first-order chi connectivity index (χ1) is 29.2. The van der Waals surface area contributed by atoms with E-state index in [-0.39, 0.29) is 22.0 Å². The van der Waals surface area contributed by atoms with Crippen LogP contribution in [-0.4, -0.2) is 24.6 Å². The smallest absolute Gasteiger partial charge is 0.149 e. The third kappa shape index (κ3) is 8.18. The van der Waals surface area contributed by atoms with Crippen LogP contribution in [0.5, 0.6) is 5.75 Å². The maximum atomic E-state index is 11.7. The maximum absolute atomic E-state index is 11.7. The molecule has 5 heteroatoms. The molecule has 316 valence electrons. The molecule has 0 saturated heterocycles. The molecule has 0 aliphatic heterocycles. The van der Waals surface area contributed by atoms with Crippen LogP contribution in [0.4, 0.5) is 0 Å². The highest BCUT2D eigenvalue weighted by Gasteiger charge is 2.25. The Labute approximate surface area is 369 Å².